The van der Waals surface area contributed by atoms with Crippen LogP contribution in [0.25, 0.3) is 12.2 Å². The number of rotatable bonds is 5. The van der Waals surface area contributed by atoms with Crippen LogP contribution < -0.4 is 14.2 Å². The van der Waals surface area contributed by atoms with Gasteiger partial charge >= 0.3 is 0 Å². The molecule has 0 saturated carbocycles. The van der Waals surface area contributed by atoms with Crippen molar-refractivity contribution in [3.8, 4) is 23.0 Å². The third kappa shape index (κ3) is 3.08. The van der Waals surface area contributed by atoms with Gasteiger partial charge in [-0.25, -0.2) is 0 Å². The maximum absolute atomic E-state index is 6.09. The summed E-state index contributed by atoms with van der Waals surface area (Å²) in [7, 11) is 0. The first kappa shape index (κ1) is 14.5. The Morgan fingerprint density at radius 2 is 1.41 bits per heavy atom. The molecule has 114 valence electrons. The van der Waals surface area contributed by atoms with Crippen molar-refractivity contribution in [3.05, 3.63) is 47.5 Å². The normalized spacial score (nSPS) is 11.9. The van der Waals surface area contributed by atoms with Crippen molar-refractivity contribution in [1.29, 1.82) is 0 Å². The molecule has 0 amide bonds. The number of fused-ring (bicyclic) bond motifs is 2. The summed E-state index contributed by atoms with van der Waals surface area (Å²) >= 11 is 0. The predicted molar refractivity (Wildman–Crippen MR) is 88.8 cm³/mol. The zero-order chi connectivity index (χ0) is 15.4. The molecule has 3 rings (SSSR count). The van der Waals surface area contributed by atoms with E-state index in [0.717, 1.165) is 40.5 Å². The number of ether oxygens (including phenoxy) is 3. The van der Waals surface area contributed by atoms with E-state index >= 15 is 0 Å². The van der Waals surface area contributed by atoms with Gasteiger partial charge in [0.1, 0.15) is 23.0 Å². The smallest absolute Gasteiger partial charge is 0.138 e. The van der Waals surface area contributed by atoms with E-state index in [9.17, 15) is 0 Å². The van der Waals surface area contributed by atoms with Crippen molar-refractivity contribution in [2.75, 3.05) is 13.2 Å². The van der Waals surface area contributed by atoms with E-state index in [1.807, 2.05) is 43.3 Å². The van der Waals surface area contributed by atoms with Crippen molar-refractivity contribution < 1.29 is 14.2 Å². The van der Waals surface area contributed by atoms with E-state index in [1.165, 1.54) is 0 Å². The maximum Gasteiger partial charge on any atom is 0.138 e. The highest BCUT2D eigenvalue weighted by molar-refractivity contribution is 5.78. The summed E-state index contributed by atoms with van der Waals surface area (Å²) in [6, 6.07) is 11.8. The van der Waals surface area contributed by atoms with Crippen molar-refractivity contribution in [3.63, 3.8) is 0 Å². The molecule has 2 aromatic rings. The van der Waals surface area contributed by atoms with Crippen LogP contribution in [-0.4, -0.2) is 13.2 Å². The van der Waals surface area contributed by atoms with Crippen LogP contribution in [0.4, 0.5) is 0 Å². The van der Waals surface area contributed by atoms with E-state index in [-0.39, 0.29) is 0 Å². The van der Waals surface area contributed by atoms with Gasteiger partial charge in [-0.2, -0.15) is 0 Å². The Bertz CT molecular complexity index is 689. The molecule has 1 aliphatic heterocycles. The summed E-state index contributed by atoms with van der Waals surface area (Å²) in [5.74, 6) is 3.25. The minimum atomic E-state index is 0.639. The Labute approximate surface area is 131 Å². The molecule has 0 radical (unpaired) electrons. The average Bonchev–Trinajstić information content (AvgIpc) is 2.71. The second kappa shape index (κ2) is 6.56. The molecule has 0 unspecified atom stereocenters. The Balaban J connectivity index is 1.92. The van der Waals surface area contributed by atoms with Gasteiger partial charge in [0.05, 0.1) is 13.2 Å². The monoisotopic (exact) mass is 296 g/mol. The fourth-order valence-electron chi connectivity index (χ4n) is 2.35. The van der Waals surface area contributed by atoms with Crippen LogP contribution in [0.2, 0.25) is 0 Å². The summed E-state index contributed by atoms with van der Waals surface area (Å²) < 4.78 is 17.3. The quantitative estimate of drug-likeness (QED) is 0.651. The second-order valence-corrected chi connectivity index (χ2v) is 5.12. The standard InChI is InChI=1S/C19H20O3/c1-3-11-21-17-10-8-15-6-5-14-7-9-16(20-4-2)12-18(14)22-19(15)13-17/h5-10,12-13H,3-4,11H2,1-2H3. The summed E-state index contributed by atoms with van der Waals surface area (Å²) in [6.45, 7) is 5.41. The number of hydrogen-bond acceptors (Lipinski definition) is 3. The van der Waals surface area contributed by atoms with Crippen LogP contribution in [0.1, 0.15) is 31.4 Å². The maximum atomic E-state index is 6.09. The molecule has 0 aromatic heterocycles. The van der Waals surface area contributed by atoms with Gasteiger partial charge in [-0.1, -0.05) is 19.1 Å². The Hall–Kier alpha value is -2.42. The van der Waals surface area contributed by atoms with Crippen molar-refractivity contribution in [2.45, 2.75) is 20.3 Å². The lowest BCUT2D eigenvalue weighted by Gasteiger charge is -2.12. The van der Waals surface area contributed by atoms with Crippen LogP contribution in [0.5, 0.6) is 23.0 Å². The van der Waals surface area contributed by atoms with Crippen LogP contribution in [0.3, 0.4) is 0 Å². The van der Waals surface area contributed by atoms with Gasteiger partial charge in [0.25, 0.3) is 0 Å². The molecule has 0 spiro atoms. The first-order chi connectivity index (χ1) is 10.8. The fraction of sp³-hybridized carbons (Fsp3) is 0.263. The molecule has 0 atom stereocenters. The molecule has 3 nitrogen and oxygen atoms in total. The zero-order valence-corrected chi connectivity index (χ0v) is 13.0. The van der Waals surface area contributed by atoms with E-state index < -0.39 is 0 Å². The SMILES string of the molecule is CCCOc1ccc2c(c1)Oc1cc(OCC)ccc1C=C2. The van der Waals surface area contributed by atoms with Gasteiger partial charge in [0.15, 0.2) is 0 Å². The van der Waals surface area contributed by atoms with E-state index in [4.69, 9.17) is 14.2 Å². The van der Waals surface area contributed by atoms with Gasteiger partial charge in [-0.15, -0.1) is 0 Å². The topological polar surface area (TPSA) is 27.7 Å². The minimum Gasteiger partial charge on any atom is -0.494 e. The molecule has 0 bridgehead atoms. The van der Waals surface area contributed by atoms with Gasteiger partial charge in [0, 0.05) is 23.3 Å². The lowest BCUT2D eigenvalue weighted by molar-refractivity contribution is 0.315. The second-order valence-electron chi connectivity index (χ2n) is 5.12. The van der Waals surface area contributed by atoms with Gasteiger partial charge < -0.3 is 14.2 Å². The number of benzene rings is 2. The highest BCUT2D eigenvalue weighted by Crippen LogP contribution is 2.37. The Morgan fingerprint density at radius 3 is 1.95 bits per heavy atom. The molecule has 0 fully saturated rings. The summed E-state index contributed by atoms with van der Waals surface area (Å²) in [4.78, 5) is 0. The average molecular weight is 296 g/mol. The molecule has 1 heterocycles. The van der Waals surface area contributed by atoms with Crippen molar-refractivity contribution in [1.82, 2.24) is 0 Å². The predicted octanol–water partition coefficient (Wildman–Crippen LogP) is 5.15. The van der Waals surface area contributed by atoms with E-state index in [0.29, 0.717) is 13.2 Å². The Kier molecular flexibility index (Phi) is 4.33. The molecule has 1 aliphatic rings. The zero-order valence-electron chi connectivity index (χ0n) is 13.0. The molecule has 0 saturated heterocycles. The largest absolute Gasteiger partial charge is 0.494 e. The molecule has 0 aliphatic carbocycles. The third-order valence-corrected chi connectivity index (χ3v) is 3.42. The molecular weight excluding hydrogens is 276 g/mol. The van der Waals surface area contributed by atoms with E-state index in [2.05, 4.69) is 19.1 Å². The first-order valence-electron chi connectivity index (χ1n) is 7.69. The summed E-state index contributed by atoms with van der Waals surface area (Å²) in [6.07, 6.45) is 5.10. The molecular formula is C19H20O3. The van der Waals surface area contributed by atoms with Crippen molar-refractivity contribution in [2.24, 2.45) is 0 Å². The molecule has 2 aromatic carbocycles. The van der Waals surface area contributed by atoms with Crippen LogP contribution in [0, 0.1) is 0 Å². The molecule has 0 N–H and O–H groups in total. The lowest BCUT2D eigenvalue weighted by Crippen LogP contribution is -1.96. The summed E-state index contributed by atoms with van der Waals surface area (Å²) in [5, 5.41) is 0. The molecule has 22 heavy (non-hydrogen) atoms. The number of hydrogen-bond donors (Lipinski definition) is 0. The van der Waals surface area contributed by atoms with Crippen LogP contribution in [0.15, 0.2) is 36.4 Å². The van der Waals surface area contributed by atoms with E-state index in [1.54, 1.807) is 0 Å². The molecule has 3 heteroatoms. The van der Waals surface area contributed by atoms with Crippen LogP contribution >= 0.6 is 0 Å². The van der Waals surface area contributed by atoms with Gasteiger partial charge in [-0.05, 0) is 37.6 Å². The van der Waals surface area contributed by atoms with Crippen molar-refractivity contribution >= 4 is 12.2 Å². The highest BCUT2D eigenvalue weighted by Gasteiger charge is 2.13. The minimum absolute atomic E-state index is 0.639. The Morgan fingerprint density at radius 1 is 0.818 bits per heavy atom. The lowest BCUT2D eigenvalue weighted by atomic mass is 10.1. The third-order valence-electron chi connectivity index (χ3n) is 3.42. The first-order valence-corrected chi connectivity index (χ1v) is 7.69. The highest BCUT2D eigenvalue weighted by atomic mass is 16.5. The summed E-state index contributed by atoms with van der Waals surface area (Å²) in [5.41, 5.74) is 2.08. The van der Waals surface area contributed by atoms with Crippen LogP contribution in [-0.2, 0) is 0 Å². The van der Waals surface area contributed by atoms with Gasteiger partial charge in [-0.3, -0.25) is 0 Å². The van der Waals surface area contributed by atoms with Gasteiger partial charge in [0.2, 0.25) is 0 Å². The fourth-order valence-corrected chi connectivity index (χ4v) is 2.35.